The van der Waals surface area contributed by atoms with Gasteiger partial charge < -0.3 is 29.9 Å². The lowest BCUT2D eigenvalue weighted by Gasteiger charge is -2.40. The van der Waals surface area contributed by atoms with E-state index in [0.717, 1.165) is 16.9 Å². The highest BCUT2D eigenvalue weighted by atomic mass is 16.5. The second kappa shape index (κ2) is 8.74. The van der Waals surface area contributed by atoms with Gasteiger partial charge in [0.05, 0.1) is 13.7 Å². The van der Waals surface area contributed by atoms with Crippen LogP contribution in [0.25, 0.3) is 0 Å². The molecule has 0 radical (unpaired) electrons. The number of terminal acetylenes is 1. The van der Waals surface area contributed by atoms with E-state index in [-0.39, 0.29) is 0 Å². The van der Waals surface area contributed by atoms with E-state index in [2.05, 4.69) is 5.92 Å². The third-order valence-electron chi connectivity index (χ3n) is 5.06. The van der Waals surface area contributed by atoms with Gasteiger partial charge in [0.15, 0.2) is 0 Å². The van der Waals surface area contributed by atoms with Crippen LogP contribution in [-0.2, 0) is 11.2 Å². The molecule has 28 heavy (non-hydrogen) atoms. The molecule has 0 aromatic heterocycles. The van der Waals surface area contributed by atoms with Crippen molar-refractivity contribution in [1.82, 2.24) is 0 Å². The van der Waals surface area contributed by atoms with Crippen molar-refractivity contribution in [2.75, 3.05) is 13.7 Å². The summed E-state index contributed by atoms with van der Waals surface area (Å²) in [7, 11) is 1.61. The third kappa shape index (κ3) is 4.04. The summed E-state index contributed by atoms with van der Waals surface area (Å²) in [6.07, 6.45) is 0.206. The predicted octanol–water partition coefficient (Wildman–Crippen LogP) is 0.782. The molecule has 6 heteroatoms. The molecule has 3 rings (SSSR count). The molecule has 1 fully saturated rings. The predicted molar refractivity (Wildman–Crippen MR) is 103 cm³/mol. The number of benzene rings is 2. The maximum atomic E-state index is 10.4. The van der Waals surface area contributed by atoms with Gasteiger partial charge in [0, 0.05) is 5.56 Å². The number of aliphatic hydroxyl groups excluding tert-OH is 4. The molecule has 2 aromatic rings. The van der Waals surface area contributed by atoms with Gasteiger partial charge >= 0.3 is 0 Å². The van der Waals surface area contributed by atoms with Gasteiger partial charge in [-0.2, -0.15) is 0 Å². The van der Waals surface area contributed by atoms with Crippen molar-refractivity contribution < 1.29 is 29.9 Å². The van der Waals surface area contributed by atoms with Gasteiger partial charge in [0.1, 0.15) is 36.3 Å². The molecule has 0 saturated carbocycles. The zero-order chi connectivity index (χ0) is 20.3. The fraction of sp³-hybridized carbons (Fsp3) is 0.364. The number of hydrogen-bond donors (Lipinski definition) is 4. The fourth-order valence-corrected chi connectivity index (χ4v) is 3.42. The average molecular weight is 384 g/mol. The Morgan fingerprint density at radius 2 is 1.75 bits per heavy atom. The number of rotatable bonds is 5. The molecule has 0 aliphatic carbocycles. The Kier molecular flexibility index (Phi) is 6.35. The first-order chi connectivity index (χ1) is 13.5. The first-order valence-corrected chi connectivity index (χ1v) is 9.01. The van der Waals surface area contributed by atoms with Crippen LogP contribution in [0.3, 0.4) is 0 Å². The monoisotopic (exact) mass is 384 g/mol. The molecule has 148 valence electrons. The van der Waals surface area contributed by atoms with Gasteiger partial charge in [-0.1, -0.05) is 30.2 Å². The van der Waals surface area contributed by atoms with E-state index in [0.29, 0.717) is 17.5 Å². The summed E-state index contributed by atoms with van der Waals surface area (Å²) in [5.74, 6) is 3.42. The molecule has 6 nitrogen and oxygen atoms in total. The van der Waals surface area contributed by atoms with Crippen LogP contribution in [0.15, 0.2) is 42.5 Å². The van der Waals surface area contributed by atoms with E-state index in [4.69, 9.17) is 15.9 Å². The Morgan fingerprint density at radius 1 is 1.04 bits per heavy atom. The maximum absolute atomic E-state index is 10.4. The summed E-state index contributed by atoms with van der Waals surface area (Å²) in [5, 5.41) is 39.8. The van der Waals surface area contributed by atoms with Crippen LogP contribution in [0, 0.1) is 12.3 Å². The number of hydrogen-bond acceptors (Lipinski definition) is 6. The smallest absolute Gasteiger partial charge is 0.118 e. The molecule has 1 saturated heterocycles. The lowest BCUT2D eigenvalue weighted by molar-refractivity contribution is -0.231. The Balaban J connectivity index is 1.90. The lowest BCUT2D eigenvalue weighted by atomic mass is 9.89. The zero-order valence-electron chi connectivity index (χ0n) is 15.5. The first kappa shape index (κ1) is 20.3. The zero-order valence-corrected chi connectivity index (χ0v) is 15.5. The standard InChI is InChI=1S/C22H24O6/c1-3-14-6-7-15(22-21(26)20(25)19(24)18(12-23)28-22)11-16(14)10-13-4-8-17(27-2)9-5-13/h1,4-9,11,18-26H,10,12H2,2H3/t18?,19-,20+,21-,22+/m1/s1. The Bertz CT molecular complexity index is 839. The van der Waals surface area contributed by atoms with Crippen LogP contribution in [0.1, 0.15) is 28.4 Å². The van der Waals surface area contributed by atoms with Crippen LogP contribution in [0.4, 0.5) is 0 Å². The largest absolute Gasteiger partial charge is 0.497 e. The highest BCUT2D eigenvalue weighted by Crippen LogP contribution is 2.33. The Labute approximate surface area is 164 Å². The van der Waals surface area contributed by atoms with E-state index in [1.54, 1.807) is 19.2 Å². The third-order valence-corrected chi connectivity index (χ3v) is 5.06. The molecule has 4 N–H and O–H groups in total. The van der Waals surface area contributed by atoms with Gasteiger partial charge in [-0.15, -0.1) is 6.42 Å². The molecule has 0 spiro atoms. The van der Waals surface area contributed by atoms with Crippen LogP contribution >= 0.6 is 0 Å². The number of aliphatic hydroxyl groups is 4. The van der Waals surface area contributed by atoms with E-state index < -0.39 is 37.1 Å². The van der Waals surface area contributed by atoms with Crippen molar-refractivity contribution in [3.05, 3.63) is 64.7 Å². The summed E-state index contributed by atoms with van der Waals surface area (Å²) in [6, 6.07) is 12.9. The van der Waals surface area contributed by atoms with E-state index in [9.17, 15) is 20.4 Å². The average Bonchev–Trinajstić information content (AvgIpc) is 2.73. The molecule has 1 unspecified atom stereocenters. The van der Waals surface area contributed by atoms with E-state index in [1.165, 1.54) is 0 Å². The van der Waals surface area contributed by atoms with Crippen molar-refractivity contribution >= 4 is 0 Å². The fourth-order valence-electron chi connectivity index (χ4n) is 3.42. The summed E-state index contributed by atoms with van der Waals surface area (Å²) in [6.45, 7) is -0.470. The molecule has 0 bridgehead atoms. The molecule has 1 heterocycles. The highest BCUT2D eigenvalue weighted by molar-refractivity contribution is 5.46. The van der Waals surface area contributed by atoms with Crippen LogP contribution < -0.4 is 4.74 Å². The minimum absolute atomic E-state index is 0.470. The Hall–Kier alpha value is -2.40. The minimum atomic E-state index is -1.42. The van der Waals surface area contributed by atoms with Crippen molar-refractivity contribution in [2.45, 2.75) is 36.9 Å². The molecule has 1 aliphatic rings. The van der Waals surface area contributed by atoms with Crippen LogP contribution in [-0.4, -0.2) is 58.6 Å². The molecule has 5 atom stereocenters. The SMILES string of the molecule is C#Cc1ccc([C@@H]2OC(CO)[C@@H](O)[C@H](O)[C@H]2O)cc1Cc1ccc(OC)cc1. The van der Waals surface area contributed by atoms with Crippen molar-refractivity contribution in [3.8, 4) is 18.1 Å². The number of methoxy groups -OCH3 is 1. The topological polar surface area (TPSA) is 99.4 Å². The normalized spacial score (nSPS) is 27.2. The van der Waals surface area contributed by atoms with E-state index >= 15 is 0 Å². The second-order valence-electron chi connectivity index (χ2n) is 6.84. The number of ether oxygens (including phenoxy) is 2. The summed E-state index contributed by atoms with van der Waals surface area (Å²) < 4.78 is 10.8. The van der Waals surface area contributed by atoms with Crippen molar-refractivity contribution in [3.63, 3.8) is 0 Å². The van der Waals surface area contributed by atoms with Gasteiger partial charge in [-0.25, -0.2) is 0 Å². The summed E-state index contributed by atoms with van der Waals surface area (Å²) in [5.41, 5.74) is 3.22. The summed E-state index contributed by atoms with van der Waals surface area (Å²) >= 11 is 0. The Morgan fingerprint density at radius 3 is 2.36 bits per heavy atom. The van der Waals surface area contributed by atoms with E-state index in [1.807, 2.05) is 30.3 Å². The van der Waals surface area contributed by atoms with Gasteiger partial charge in [0.2, 0.25) is 0 Å². The highest BCUT2D eigenvalue weighted by Gasteiger charge is 2.43. The van der Waals surface area contributed by atoms with Gasteiger partial charge in [0.25, 0.3) is 0 Å². The lowest BCUT2D eigenvalue weighted by Crippen LogP contribution is -2.55. The second-order valence-corrected chi connectivity index (χ2v) is 6.84. The maximum Gasteiger partial charge on any atom is 0.118 e. The summed E-state index contributed by atoms with van der Waals surface area (Å²) in [4.78, 5) is 0. The molecule has 0 amide bonds. The van der Waals surface area contributed by atoms with Gasteiger partial charge in [-0.05, 0) is 41.3 Å². The minimum Gasteiger partial charge on any atom is -0.497 e. The molecule has 1 aliphatic heterocycles. The van der Waals surface area contributed by atoms with Gasteiger partial charge in [-0.3, -0.25) is 0 Å². The quantitative estimate of drug-likeness (QED) is 0.569. The van der Waals surface area contributed by atoms with Crippen LogP contribution in [0.2, 0.25) is 0 Å². The van der Waals surface area contributed by atoms with Crippen molar-refractivity contribution in [1.29, 1.82) is 0 Å². The van der Waals surface area contributed by atoms with Crippen molar-refractivity contribution in [2.24, 2.45) is 0 Å². The molecular weight excluding hydrogens is 360 g/mol. The molecule has 2 aromatic carbocycles. The van der Waals surface area contributed by atoms with Crippen LogP contribution in [0.5, 0.6) is 5.75 Å². The first-order valence-electron chi connectivity index (χ1n) is 9.01. The molecular formula is C22H24O6.